The molecule has 1 saturated carbocycles. The van der Waals surface area contributed by atoms with Gasteiger partial charge in [-0.1, -0.05) is 52.1 Å². The Morgan fingerprint density at radius 2 is 1.64 bits per heavy atom. The van der Waals surface area contributed by atoms with Crippen LogP contribution in [0.1, 0.15) is 63.3 Å². The monoisotopic (exact) mass is 547 g/mol. The highest BCUT2D eigenvalue weighted by Crippen LogP contribution is 2.25. The van der Waals surface area contributed by atoms with Gasteiger partial charge in [0.2, 0.25) is 0 Å². The van der Waals surface area contributed by atoms with Crippen LogP contribution in [0.25, 0.3) is 0 Å². The van der Waals surface area contributed by atoms with E-state index in [-0.39, 0.29) is 0 Å². The first kappa shape index (κ1) is 31.6. The van der Waals surface area contributed by atoms with Crippen molar-refractivity contribution in [3.63, 3.8) is 0 Å². The minimum absolute atomic E-state index is 0.387. The fourth-order valence-corrected chi connectivity index (χ4v) is 4.72. The predicted molar refractivity (Wildman–Crippen MR) is 164 cm³/mol. The highest BCUT2D eigenvalue weighted by molar-refractivity contribution is 7.86. The first-order valence-corrected chi connectivity index (χ1v) is 14.5. The van der Waals surface area contributed by atoms with Gasteiger partial charge >= 0.3 is 0 Å². The number of ether oxygens (including phenoxy) is 1. The number of aliphatic imine (C=N–C) groups is 1. The Bertz CT molecular complexity index is 1200. The molecule has 4 rings (SSSR count). The average Bonchev–Trinajstić information content (AvgIpc) is 2.96. The fraction of sp³-hybridized carbons (Fsp3) is 0.323. The first-order valence-electron chi connectivity index (χ1n) is 13.3. The van der Waals surface area contributed by atoms with Crippen molar-refractivity contribution in [1.29, 1.82) is 0 Å². The second-order valence-corrected chi connectivity index (χ2v) is 10.0. The Morgan fingerprint density at radius 3 is 2.21 bits per heavy atom. The summed E-state index contributed by atoms with van der Waals surface area (Å²) in [5.41, 5.74) is 9.06. The fourth-order valence-electron chi connectivity index (χ4n) is 4.06. The van der Waals surface area contributed by atoms with E-state index in [1.165, 1.54) is 30.8 Å². The summed E-state index contributed by atoms with van der Waals surface area (Å²) in [7, 11) is -1.02. The number of para-hydroxylation sites is 1. The lowest BCUT2D eigenvalue weighted by molar-refractivity contribution is 0.335. The lowest BCUT2D eigenvalue weighted by atomic mass is 9.88. The number of aromatic nitrogens is 2. The lowest BCUT2D eigenvalue weighted by Gasteiger charge is -2.25. The molecule has 39 heavy (non-hydrogen) atoms. The summed E-state index contributed by atoms with van der Waals surface area (Å²) >= 11 is 0. The molecular formula is C31H41N5O2S. The van der Waals surface area contributed by atoms with E-state index in [9.17, 15) is 4.21 Å². The average molecular weight is 548 g/mol. The molecule has 1 fully saturated rings. The molecule has 8 heteroatoms. The number of benzene rings is 2. The zero-order chi connectivity index (χ0) is 28.6. The molecular weight excluding hydrogens is 506 g/mol. The quantitative estimate of drug-likeness (QED) is 0.292. The third-order valence-electron chi connectivity index (χ3n) is 6.08. The SMILES string of the molecule is C=CN=C(c1ccc(Oc2ccccc2)cc1)c1c(C)ncnc1N.C=CS(=O)NC1CCC(C)CC1.CC. The molecule has 0 spiro atoms. The predicted octanol–water partition coefficient (Wildman–Crippen LogP) is 7.13. The van der Waals surface area contributed by atoms with Crippen molar-refractivity contribution in [2.24, 2.45) is 10.9 Å². The molecule has 2 aromatic carbocycles. The smallest absolute Gasteiger partial charge is 0.136 e. The maximum atomic E-state index is 11.0. The first-order chi connectivity index (χ1) is 18.9. The number of rotatable bonds is 8. The zero-order valence-corrected chi connectivity index (χ0v) is 24.3. The summed E-state index contributed by atoms with van der Waals surface area (Å²) in [5, 5.41) is 1.46. The van der Waals surface area contributed by atoms with Crippen molar-refractivity contribution in [3.05, 3.63) is 103 Å². The lowest BCUT2D eigenvalue weighted by Crippen LogP contribution is -2.33. The van der Waals surface area contributed by atoms with Gasteiger partial charge in [-0.25, -0.2) is 18.9 Å². The maximum Gasteiger partial charge on any atom is 0.136 e. The second kappa shape index (κ2) is 17.1. The molecule has 3 N–H and O–H groups in total. The van der Waals surface area contributed by atoms with Crippen LogP contribution in [0.15, 0.2) is 90.7 Å². The molecule has 1 aliphatic carbocycles. The Balaban J connectivity index is 0.000000320. The van der Waals surface area contributed by atoms with Crippen molar-refractivity contribution in [2.45, 2.75) is 59.4 Å². The van der Waals surface area contributed by atoms with Crippen molar-refractivity contribution in [3.8, 4) is 11.5 Å². The Morgan fingerprint density at radius 1 is 1.03 bits per heavy atom. The molecule has 1 atom stereocenters. The van der Waals surface area contributed by atoms with Gasteiger partial charge in [-0.05, 0) is 74.9 Å². The summed E-state index contributed by atoms with van der Waals surface area (Å²) in [6, 6.07) is 17.7. The Kier molecular flexibility index (Phi) is 13.8. The molecule has 3 aromatic rings. The standard InChI is InChI=1S/C20H18N4O.C9H17NOS.C2H6/c1-3-22-19(18-14(2)23-13-24-20(18)21)15-9-11-17(12-10-15)25-16-7-5-4-6-8-16;1-3-12(11)10-9-6-4-8(2)5-7-9;1-2/h3-13H,1H2,2H3,(H2,21,23,24);3,8-10H,1,4-7H2,2H3;1-2H3. The summed E-state index contributed by atoms with van der Waals surface area (Å²) in [4.78, 5) is 12.7. The van der Waals surface area contributed by atoms with E-state index in [2.05, 4.69) is 39.8 Å². The maximum absolute atomic E-state index is 11.0. The van der Waals surface area contributed by atoms with Crippen molar-refractivity contribution in [1.82, 2.24) is 14.7 Å². The summed E-state index contributed by atoms with van der Waals surface area (Å²) in [6.45, 7) is 15.3. The van der Waals surface area contributed by atoms with Crippen LogP contribution >= 0.6 is 0 Å². The van der Waals surface area contributed by atoms with E-state index < -0.39 is 11.0 Å². The molecule has 0 aliphatic heterocycles. The number of anilines is 1. The van der Waals surface area contributed by atoms with Crippen molar-refractivity contribution < 1.29 is 8.95 Å². The molecule has 0 radical (unpaired) electrons. The molecule has 1 aliphatic rings. The van der Waals surface area contributed by atoms with Crippen LogP contribution in [-0.4, -0.2) is 25.9 Å². The number of nitrogen functional groups attached to an aromatic ring is 1. The third-order valence-corrected chi connectivity index (χ3v) is 6.95. The van der Waals surface area contributed by atoms with Crippen LogP contribution in [0.2, 0.25) is 0 Å². The van der Waals surface area contributed by atoms with Gasteiger partial charge in [-0.3, -0.25) is 4.99 Å². The van der Waals surface area contributed by atoms with E-state index >= 15 is 0 Å². The highest BCUT2D eigenvalue weighted by atomic mass is 32.2. The molecule has 1 unspecified atom stereocenters. The number of hydrogen-bond donors (Lipinski definition) is 2. The summed E-state index contributed by atoms with van der Waals surface area (Å²) in [6.07, 6.45) is 7.74. The number of aryl methyl sites for hydroxylation is 1. The van der Waals surface area contributed by atoms with Gasteiger partial charge in [0.05, 0.1) is 17.0 Å². The van der Waals surface area contributed by atoms with E-state index in [0.29, 0.717) is 23.1 Å². The van der Waals surface area contributed by atoms with Crippen LogP contribution in [0.4, 0.5) is 5.82 Å². The van der Waals surface area contributed by atoms with E-state index in [1.54, 1.807) is 0 Å². The van der Waals surface area contributed by atoms with Crippen LogP contribution in [0.3, 0.4) is 0 Å². The minimum Gasteiger partial charge on any atom is -0.457 e. The molecule has 1 aromatic heterocycles. The molecule has 1 heterocycles. The molecule has 0 bridgehead atoms. The van der Waals surface area contributed by atoms with Gasteiger partial charge in [0.25, 0.3) is 0 Å². The minimum atomic E-state index is -1.02. The van der Waals surface area contributed by atoms with Crippen molar-refractivity contribution in [2.75, 3.05) is 5.73 Å². The number of nitrogens with zero attached hydrogens (tertiary/aromatic N) is 3. The normalized spacial score (nSPS) is 17.4. The van der Waals surface area contributed by atoms with Crippen LogP contribution < -0.4 is 15.2 Å². The highest BCUT2D eigenvalue weighted by Gasteiger charge is 2.18. The topological polar surface area (TPSA) is 102 Å². The van der Waals surface area contributed by atoms with Crippen LogP contribution in [0.5, 0.6) is 11.5 Å². The van der Waals surface area contributed by atoms with E-state index in [0.717, 1.165) is 41.5 Å². The molecule has 0 saturated heterocycles. The number of nitrogens with two attached hydrogens (primary N) is 1. The van der Waals surface area contributed by atoms with Crippen molar-refractivity contribution >= 4 is 22.5 Å². The number of hydrogen-bond acceptors (Lipinski definition) is 6. The van der Waals surface area contributed by atoms with Gasteiger partial charge in [0.15, 0.2) is 0 Å². The van der Waals surface area contributed by atoms with Crippen LogP contribution in [-0.2, 0) is 11.0 Å². The van der Waals surface area contributed by atoms with E-state index in [4.69, 9.17) is 10.5 Å². The molecule has 208 valence electrons. The van der Waals surface area contributed by atoms with Crippen LogP contribution in [0, 0.1) is 12.8 Å². The van der Waals surface area contributed by atoms with Gasteiger partial charge in [-0.2, -0.15) is 0 Å². The zero-order valence-electron chi connectivity index (χ0n) is 23.5. The second-order valence-electron chi connectivity index (χ2n) is 8.86. The Hall–Kier alpha value is -3.62. The Labute approximate surface area is 235 Å². The van der Waals surface area contributed by atoms with Gasteiger partial charge in [-0.15, -0.1) is 0 Å². The third kappa shape index (κ3) is 10.2. The molecule has 7 nitrogen and oxygen atoms in total. The van der Waals surface area contributed by atoms with Gasteiger partial charge < -0.3 is 10.5 Å². The largest absolute Gasteiger partial charge is 0.457 e. The summed E-state index contributed by atoms with van der Waals surface area (Å²) in [5.74, 6) is 2.76. The van der Waals surface area contributed by atoms with Gasteiger partial charge in [0.1, 0.15) is 34.6 Å². The molecule has 0 amide bonds. The summed E-state index contributed by atoms with van der Waals surface area (Å²) < 4.78 is 19.9. The van der Waals surface area contributed by atoms with Gasteiger partial charge in [0, 0.05) is 23.2 Å². The van der Waals surface area contributed by atoms with E-state index in [1.807, 2.05) is 75.4 Å². The number of nitrogens with one attached hydrogen (secondary N) is 1.